The molecule has 3 amide bonds. The maximum absolute atomic E-state index is 13.4. The largest absolute Gasteiger partial charge is 0.396 e. The van der Waals surface area contributed by atoms with Crippen LogP contribution in [0.15, 0.2) is 0 Å². The number of carbonyl (C=O) groups is 3. The Morgan fingerprint density at radius 3 is 2.72 bits per heavy atom. The number of aliphatic hydroxyl groups excluding tert-OH is 1. The molecule has 3 fully saturated rings. The predicted octanol–water partition coefficient (Wildman–Crippen LogP) is 0.574. The standard InChI is InChI=1S/C21H35N3O5/c1-4-7-13(3)23-19(27)17-21-9-8-14(29-21)15(18(26)22-10-5-2)16(21)20(28)24(17)11-6-12-25/h13-17,25H,4-12H2,1-3H3,(H,22,26)(H,23,27)/t13?,14-,15+,16-,17?,21?/m0/s1. The van der Waals surface area contributed by atoms with Crippen molar-refractivity contribution in [1.29, 1.82) is 0 Å². The molecule has 3 heterocycles. The fourth-order valence-corrected chi connectivity index (χ4v) is 5.43. The first-order chi connectivity index (χ1) is 13.9. The molecule has 3 saturated heterocycles. The molecule has 1 spiro atoms. The number of nitrogens with one attached hydrogen (secondary N) is 2. The summed E-state index contributed by atoms with van der Waals surface area (Å²) < 4.78 is 6.31. The van der Waals surface area contributed by atoms with E-state index in [1.54, 1.807) is 4.90 Å². The smallest absolute Gasteiger partial charge is 0.246 e. The van der Waals surface area contributed by atoms with Gasteiger partial charge in [0.15, 0.2) is 0 Å². The number of aliphatic hydroxyl groups is 1. The molecule has 164 valence electrons. The van der Waals surface area contributed by atoms with Crippen molar-refractivity contribution in [2.45, 2.75) is 83.1 Å². The summed E-state index contributed by atoms with van der Waals surface area (Å²) in [4.78, 5) is 41.1. The monoisotopic (exact) mass is 409 g/mol. The van der Waals surface area contributed by atoms with Crippen molar-refractivity contribution in [3.05, 3.63) is 0 Å². The van der Waals surface area contributed by atoms with Crippen LogP contribution in [0.1, 0.15) is 59.3 Å². The second-order valence-electron chi connectivity index (χ2n) is 8.65. The van der Waals surface area contributed by atoms with E-state index in [2.05, 4.69) is 17.6 Å². The van der Waals surface area contributed by atoms with Crippen LogP contribution >= 0.6 is 0 Å². The summed E-state index contributed by atoms with van der Waals surface area (Å²) in [5, 5.41) is 15.2. The Kier molecular flexibility index (Phi) is 6.83. The number of nitrogens with zero attached hydrogens (tertiary/aromatic N) is 1. The molecule has 3 aliphatic rings. The normalized spacial score (nSPS) is 33.7. The quantitative estimate of drug-likeness (QED) is 0.489. The molecule has 8 nitrogen and oxygen atoms in total. The average molecular weight is 410 g/mol. The minimum absolute atomic E-state index is 0.00000309. The molecule has 3 aliphatic heterocycles. The van der Waals surface area contributed by atoms with Crippen LogP contribution in [-0.2, 0) is 19.1 Å². The third-order valence-electron chi connectivity index (χ3n) is 6.57. The zero-order valence-electron chi connectivity index (χ0n) is 17.8. The molecule has 0 aromatic heterocycles. The molecule has 6 atom stereocenters. The van der Waals surface area contributed by atoms with Crippen molar-refractivity contribution in [2.75, 3.05) is 19.7 Å². The lowest BCUT2D eigenvalue weighted by Crippen LogP contribution is -2.56. The summed E-state index contributed by atoms with van der Waals surface area (Å²) in [5.41, 5.74) is -0.943. The Labute approximate surface area is 172 Å². The van der Waals surface area contributed by atoms with Crippen molar-refractivity contribution in [3.63, 3.8) is 0 Å². The van der Waals surface area contributed by atoms with Gasteiger partial charge in [-0.15, -0.1) is 0 Å². The van der Waals surface area contributed by atoms with Crippen LogP contribution in [0.3, 0.4) is 0 Å². The topological polar surface area (TPSA) is 108 Å². The highest BCUT2D eigenvalue weighted by atomic mass is 16.5. The lowest BCUT2D eigenvalue weighted by Gasteiger charge is -2.34. The summed E-state index contributed by atoms with van der Waals surface area (Å²) in [6, 6.07) is -0.750. The predicted molar refractivity (Wildman–Crippen MR) is 107 cm³/mol. The maximum Gasteiger partial charge on any atom is 0.246 e. The van der Waals surface area contributed by atoms with Gasteiger partial charge in [0.2, 0.25) is 17.7 Å². The fourth-order valence-electron chi connectivity index (χ4n) is 5.43. The van der Waals surface area contributed by atoms with Crippen molar-refractivity contribution in [2.24, 2.45) is 11.8 Å². The van der Waals surface area contributed by atoms with Gasteiger partial charge in [0.25, 0.3) is 0 Å². The Bertz CT molecular complexity index is 642. The lowest BCUT2D eigenvalue weighted by molar-refractivity contribution is -0.142. The van der Waals surface area contributed by atoms with Gasteiger partial charge in [0.05, 0.1) is 17.9 Å². The van der Waals surface area contributed by atoms with E-state index < -0.39 is 23.5 Å². The Hall–Kier alpha value is -1.67. The van der Waals surface area contributed by atoms with Crippen LogP contribution < -0.4 is 10.6 Å². The van der Waals surface area contributed by atoms with Gasteiger partial charge in [-0.2, -0.15) is 0 Å². The molecule has 0 saturated carbocycles. The molecule has 3 N–H and O–H groups in total. The molecule has 0 aromatic rings. The maximum atomic E-state index is 13.4. The molecule has 0 radical (unpaired) electrons. The number of rotatable bonds is 10. The van der Waals surface area contributed by atoms with Crippen LogP contribution in [-0.4, -0.2) is 71.2 Å². The Morgan fingerprint density at radius 1 is 1.31 bits per heavy atom. The van der Waals surface area contributed by atoms with E-state index in [4.69, 9.17) is 4.74 Å². The van der Waals surface area contributed by atoms with E-state index in [-0.39, 0.29) is 43.0 Å². The Morgan fingerprint density at radius 2 is 2.07 bits per heavy atom. The third kappa shape index (κ3) is 3.77. The zero-order chi connectivity index (χ0) is 21.2. The van der Waals surface area contributed by atoms with Crippen LogP contribution in [0.5, 0.6) is 0 Å². The first-order valence-electron chi connectivity index (χ1n) is 11.1. The van der Waals surface area contributed by atoms with Gasteiger partial charge >= 0.3 is 0 Å². The third-order valence-corrected chi connectivity index (χ3v) is 6.57. The first kappa shape index (κ1) is 22.0. The van der Waals surface area contributed by atoms with Gasteiger partial charge in [0.1, 0.15) is 11.6 Å². The molecule has 3 rings (SSSR count). The van der Waals surface area contributed by atoms with Crippen LogP contribution in [0.25, 0.3) is 0 Å². The highest BCUT2D eigenvalue weighted by molar-refractivity contribution is 5.98. The van der Waals surface area contributed by atoms with Crippen LogP contribution in [0.4, 0.5) is 0 Å². The molecule has 2 bridgehead atoms. The van der Waals surface area contributed by atoms with Crippen molar-refractivity contribution in [3.8, 4) is 0 Å². The summed E-state index contributed by atoms with van der Waals surface area (Å²) in [6.07, 6.45) is 3.97. The van der Waals surface area contributed by atoms with E-state index in [1.807, 2.05) is 13.8 Å². The van der Waals surface area contributed by atoms with Crippen molar-refractivity contribution >= 4 is 17.7 Å². The van der Waals surface area contributed by atoms with E-state index >= 15 is 0 Å². The van der Waals surface area contributed by atoms with Gasteiger partial charge in [-0.05, 0) is 39.0 Å². The minimum Gasteiger partial charge on any atom is -0.396 e. The molecular weight excluding hydrogens is 374 g/mol. The second-order valence-corrected chi connectivity index (χ2v) is 8.65. The molecule has 29 heavy (non-hydrogen) atoms. The second kappa shape index (κ2) is 9.00. The van der Waals surface area contributed by atoms with Gasteiger partial charge in [-0.25, -0.2) is 0 Å². The number of amides is 3. The summed E-state index contributed by atoms with van der Waals surface area (Å²) in [6.45, 7) is 6.78. The number of hydrogen-bond donors (Lipinski definition) is 3. The van der Waals surface area contributed by atoms with Gasteiger partial charge < -0.3 is 25.4 Å². The van der Waals surface area contributed by atoms with Crippen LogP contribution in [0.2, 0.25) is 0 Å². The van der Waals surface area contributed by atoms with E-state index in [1.165, 1.54) is 0 Å². The van der Waals surface area contributed by atoms with Gasteiger partial charge in [-0.3, -0.25) is 14.4 Å². The SMILES string of the molecule is CCCNC(=O)[C@@H]1[C@@H]2CCC3(O2)C(C(=O)NC(C)CCC)N(CCCO)C(=O)[C@H]13. The first-order valence-corrected chi connectivity index (χ1v) is 11.1. The highest BCUT2D eigenvalue weighted by Crippen LogP contribution is 2.58. The molecule has 8 heteroatoms. The molecule has 3 unspecified atom stereocenters. The number of hydrogen-bond acceptors (Lipinski definition) is 5. The Balaban J connectivity index is 1.89. The van der Waals surface area contributed by atoms with E-state index in [0.717, 1.165) is 19.3 Å². The van der Waals surface area contributed by atoms with Crippen molar-refractivity contribution < 1.29 is 24.2 Å². The minimum atomic E-state index is -0.943. The van der Waals surface area contributed by atoms with Gasteiger partial charge in [0, 0.05) is 25.7 Å². The highest BCUT2D eigenvalue weighted by Gasteiger charge is 2.74. The van der Waals surface area contributed by atoms with E-state index in [9.17, 15) is 19.5 Å². The molecule has 0 aromatic carbocycles. The number of carbonyl (C=O) groups excluding carboxylic acids is 3. The van der Waals surface area contributed by atoms with Gasteiger partial charge in [-0.1, -0.05) is 20.3 Å². The average Bonchev–Trinajstić information content (AvgIpc) is 3.32. The number of ether oxygens (including phenoxy) is 1. The van der Waals surface area contributed by atoms with Crippen molar-refractivity contribution in [1.82, 2.24) is 15.5 Å². The number of likely N-dealkylation sites (tertiary alicyclic amines) is 1. The summed E-state index contributed by atoms with van der Waals surface area (Å²) in [7, 11) is 0. The van der Waals surface area contributed by atoms with Crippen LogP contribution in [0, 0.1) is 11.8 Å². The molecular formula is C21H35N3O5. The summed E-state index contributed by atoms with van der Waals surface area (Å²) >= 11 is 0. The lowest BCUT2D eigenvalue weighted by atomic mass is 9.70. The van der Waals surface area contributed by atoms with E-state index in [0.29, 0.717) is 25.8 Å². The zero-order valence-corrected chi connectivity index (χ0v) is 17.8. The number of fused-ring (bicyclic) bond motifs is 1. The molecule has 0 aliphatic carbocycles. The fraction of sp³-hybridized carbons (Fsp3) is 0.857. The summed E-state index contributed by atoms with van der Waals surface area (Å²) in [5.74, 6) is -1.74.